The first kappa shape index (κ1) is 31.4. The number of hydrogen-bond acceptors (Lipinski definition) is 4. The molecule has 0 fully saturated rings. The maximum atomic E-state index is 13.6. The summed E-state index contributed by atoms with van der Waals surface area (Å²) in [6.07, 6.45) is -9.86. The highest BCUT2D eigenvalue weighted by Gasteiger charge is 2.45. The number of esters is 1. The van der Waals surface area contributed by atoms with Crippen LogP contribution in [-0.4, -0.2) is 18.4 Å². The van der Waals surface area contributed by atoms with Crippen LogP contribution in [-0.2, 0) is 26.4 Å². The summed E-state index contributed by atoms with van der Waals surface area (Å²) < 4.78 is 95.2. The van der Waals surface area contributed by atoms with Crippen LogP contribution >= 0.6 is 9.12 Å². The van der Waals surface area contributed by atoms with E-state index in [9.17, 15) is 35.9 Å². The number of benzene rings is 2. The molecule has 200 valence electrons. The zero-order valence-corrected chi connectivity index (χ0v) is 21.7. The molecule has 0 heterocycles. The first-order valence-electron chi connectivity index (χ1n) is 10.8. The van der Waals surface area contributed by atoms with Gasteiger partial charge in [-0.3, -0.25) is 9.59 Å². The van der Waals surface area contributed by atoms with Crippen LogP contribution in [0, 0.1) is 11.3 Å². The molecular weight excluding hydrogens is 509 g/mol. The van der Waals surface area contributed by atoms with Gasteiger partial charge >= 0.3 is 18.3 Å². The largest absolute Gasteiger partial charge is 0.465 e. The van der Waals surface area contributed by atoms with Crippen molar-refractivity contribution < 1.29 is 45.2 Å². The normalized spacial score (nSPS) is 13.8. The molecule has 0 aliphatic heterocycles. The lowest BCUT2D eigenvalue weighted by atomic mass is 9.85. The molecule has 0 saturated carbocycles. The van der Waals surface area contributed by atoms with Gasteiger partial charge in [0.15, 0.2) is 5.78 Å². The molecule has 0 amide bonds. The summed E-state index contributed by atoms with van der Waals surface area (Å²) in [6, 6.07) is 8.30. The number of Topliss-reactive ketones (excluding diaryl/α,β-unsaturated/α-hetero) is 1. The molecule has 2 aromatic rings. The van der Waals surface area contributed by atoms with E-state index in [-0.39, 0.29) is 23.5 Å². The Labute approximate surface area is 207 Å². The van der Waals surface area contributed by atoms with E-state index in [2.05, 4.69) is 0 Å². The second-order valence-electron chi connectivity index (χ2n) is 9.43. The molecule has 0 spiro atoms. The van der Waals surface area contributed by atoms with E-state index >= 15 is 0 Å². The summed E-state index contributed by atoms with van der Waals surface area (Å²) >= 11 is 0. The van der Waals surface area contributed by atoms with Gasteiger partial charge in [0.2, 0.25) is 0 Å². The maximum absolute atomic E-state index is 13.6. The number of ether oxygens (including phenoxy) is 1. The molecule has 0 radical (unpaired) electrons. The number of alkyl halides is 6. The quantitative estimate of drug-likeness (QED) is 0.123. The van der Waals surface area contributed by atoms with Crippen LogP contribution in [0.5, 0.6) is 0 Å². The van der Waals surface area contributed by atoms with Crippen LogP contribution in [0.15, 0.2) is 48.5 Å². The monoisotopic (exact) mass is 538 g/mol. The molecule has 2 aromatic carbocycles. The summed E-state index contributed by atoms with van der Waals surface area (Å²) in [4.78, 5) is 26.2. The molecule has 3 atom stereocenters. The van der Waals surface area contributed by atoms with Crippen molar-refractivity contribution in [3.8, 4) is 0 Å². The number of hydrogen-bond donors (Lipinski definition) is 0. The summed E-state index contributed by atoms with van der Waals surface area (Å²) in [5, 5.41) is 0. The lowest BCUT2D eigenvalue weighted by Gasteiger charge is -2.24. The number of rotatable bonds is 7. The van der Waals surface area contributed by atoms with E-state index < -0.39 is 46.7 Å². The van der Waals surface area contributed by atoms with E-state index in [0.717, 1.165) is 0 Å². The lowest BCUT2D eigenvalue weighted by molar-refractivity contribution is -0.147. The van der Waals surface area contributed by atoms with Crippen LogP contribution < -0.4 is 0 Å². The Morgan fingerprint density at radius 1 is 0.833 bits per heavy atom. The van der Waals surface area contributed by atoms with E-state index in [0.29, 0.717) is 33.7 Å². The topological polar surface area (TPSA) is 60.4 Å². The third-order valence-electron chi connectivity index (χ3n) is 5.02. The summed E-state index contributed by atoms with van der Waals surface area (Å²) in [5.41, 5.74) is -5.29. The van der Waals surface area contributed by atoms with Gasteiger partial charge in [0.05, 0.1) is 26.9 Å². The fourth-order valence-electron chi connectivity index (χ4n) is 3.89. The lowest BCUT2D eigenvalue weighted by Crippen LogP contribution is -2.30. The summed E-state index contributed by atoms with van der Waals surface area (Å²) in [6.45, 7) is 7.55. The van der Waals surface area contributed by atoms with Crippen molar-refractivity contribution in [1.29, 1.82) is 0 Å². The molecule has 0 aromatic heterocycles. The van der Waals surface area contributed by atoms with Crippen molar-refractivity contribution >= 4 is 20.9 Å². The minimum absolute atomic E-state index is 0.0638. The van der Waals surface area contributed by atoms with Gasteiger partial charge in [-0.1, -0.05) is 64.1 Å². The Balaban J connectivity index is 0.00000316. The van der Waals surface area contributed by atoms with Gasteiger partial charge in [0.1, 0.15) is 5.92 Å². The average Bonchev–Trinajstić information content (AvgIpc) is 2.77. The smallest absolute Gasteiger partial charge is 0.417 e. The van der Waals surface area contributed by atoms with Crippen LogP contribution in [0.1, 0.15) is 67.1 Å². The number of ketones is 1. The second kappa shape index (κ2) is 12.6. The van der Waals surface area contributed by atoms with Crippen LogP contribution in [0.3, 0.4) is 0 Å². The third kappa shape index (κ3) is 8.80. The molecule has 36 heavy (non-hydrogen) atoms. The van der Waals surface area contributed by atoms with Crippen molar-refractivity contribution in [2.24, 2.45) is 11.3 Å². The zero-order valence-electron chi connectivity index (χ0n) is 20.3. The van der Waals surface area contributed by atoms with Crippen molar-refractivity contribution in [3.63, 3.8) is 0 Å². The van der Waals surface area contributed by atoms with Gasteiger partial charge in [0, 0.05) is 5.56 Å². The average molecular weight is 538 g/mol. The molecule has 3 unspecified atom stereocenters. The van der Waals surface area contributed by atoms with Gasteiger partial charge in [-0.25, -0.2) is 0 Å². The van der Waals surface area contributed by atoms with Crippen molar-refractivity contribution in [1.82, 2.24) is 0 Å². The van der Waals surface area contributed by atoms with Crippen LogP contribution in [0.25, 0.3) is 0 Å². The van der Waals surface area contributed by atoms with E-state index in [1.54, 1.807) is 6.92 Å². The predicted molar refractivity (Wildman–Crippen MR) is 126 cm³/mol. The van der Waals surface area contributed by atoms with E-state index in [1.807, 2.05) is 20.8 Å². The zero-order chi connectivity index (χ0) is 27.9. The highest BCUT2D eigenvalue weighted by Crippen LogP contribution is 2.41. The Bertz CT molecular complexity index is 997. The SMILES string of the molecule is CC(COC(=O)C(C(=O)c1c(C(F)(F)F)cccc1C(F)(F)F)c1ccccc1)CC(C)(C)C.O=[PH3]. The fourth-order valence-corrected chi connectivity index (χ4v) is 3.89. The van der Waals surface area contributed by atoms with E-state index in [1.165, 1.54) is 30.3 Å². The Hall–Kier alpha value is -2.61. The molecular formula is C25H29F6O4P. The molecule has 0 N–H and O–H groups in total. The molecule has 0 aliphatic carbocycles. The fraction of sp³-hybridized carbons (Fsp3) is 0.440. The number of halogens is 6. The van der Waals surface area contributed by atoms with Gasteiger partial charge in [-0.05, 0) is 35.4 Å². The molecule has 0 aliphatic rings. The molecule has 11 heteroatoms. The summed E-state index contributed by atoms with van der Waals surface area (Å²) in [7, 11) is 0.611. The summed E-state index contributed by atoms with van der Waals surface area (Å²) in [5.74, 6) is -4.97. The van der Waals surface area contributed by atoms with Gasteiger partial charge in [-0.15, -0.1) is 0 Å². The highest BCUT2D eigenvalue weighted by molar-refractivity contribution is 7.00. The molecule has 0 saturated heterocycles. The van der Waals surface area contributed by atoms with Crippen molar-refractivity contribution in [2.45, 2.75) is 52.4 Å². The second-order valence-corrected chi connectivity index (χ2v) is 9.43. The Kier molecular flexibility index (Phi) is 11.0. The predicted octanol–water partition coefficient (Wildman–Crippen LogP) is 7.25. The minimum Gasteiger partial charge on any atom is -0.465 e. The van der Waals surface area contributed by atoms with Crippen LogP contribution in [0.2, 0.25) is 0 Å². The van der Waals surface area contributed by atoms with Gasteiger partial charge < -0.3 is 9.30 Å². The highest BCUT2D eigenvalue weighted by atomic mass is 31.0. The van der Waals surface area contributed by atoms with E-state index in [4.69, 9.17) is 9.30 Å². The Morgan fingerprint density at radius 3 is 1.72 bits per heavy atom. The standard InChI is InChI=1S/C25H26F6O3.H3OP/c1-15(13-23(2,3)4)14-34-22(33)19(16-9-6-5-7-10-16)21(32)20-17(24(26,27)28)11-8-12-18(20)25(29,30)31;1-2/h5-12,15,19H,13-14H2,1-4H3;2H3. The van der Waals surface area contributed by atoms with Crippen molar-refractivity contribution in [2.75, 3.05) is 6.61 Å². The molecule has 4 nitrogen and oxygen atoms in total. The number of carbonyl (C=O) groups excluding carboxylic acids is 2. The number of carbonyl (C=O) groups is 2. The first-order chi connectivity index (χ1) is 16.5. The molecule has 2 rings (SSSR count). The first-order valence-corrected chi connectivity index (χ1v) is 11.4. The maximum Gasteiger partial charge on any atom is 0.417 e. The molecule has 0 bridgehead atoms. The van der Waals surface area contributed by atoms with Gasteiger partial charge in [0.25, 0.3) is 0 Å². The van der Waals surface area contributed by atoms with Crippen LogP contribution in [0.4, 0.5) is 26.3 Å². The van der Waals surface area contributed by atoms with Crippen molar-refractivity contribution in [3.05, 3.63) is 70.8 Å². The Morgan fingerprint density at radius 2 is 1.31 bits per heavy atom. The minimum atomic E-state index is -5.25. The third-order valence-corrected chi connectivity index (χ3v) is 5.02. The van der Waals surface area contributed by atoms with Gasteiger partial charge in [-0.2, -0.15) is 26.3 Å².